The second-order valence-electron chi connectivity index (χ2n) is 5.90. The average molecular weight is 287 g/mol. The lowest BCUT2D eigenvalue weighted by Crippen LogP contribution is -2.36. The van der Waals surface area contributed by atoms with E-state index in [1.54, 1.807) is 0 Å². The Morgan fingerprint density at radius 2 is 2.00 bits per heavy atom. The van der Waals surface area contributed by atoms with Crippen molar-refractivity contribution in [3.63, 3.8) is 0 Å². The maximum Gasteiger partial charge on any atom is 0.168 e. The van der Waals surface area contributed by atoms with Gasteiger partial charge in [-0.25, -0.2) is 0 Å². The summed E-state index contributed by atoms with van der Waals surface area (Å²) in [5.41, 5.74) is 9.99. The molecule has 1 heterocycles. The predicted octanol–water partition coefficient (Wildman–Crippen LogP) is 3.98. The average Bonchev–Trinajstić information content (AvgIpc) is 2.92. The molecular formula is C16H21N3O2. The van der Waals surface area contributed by atoms with Crippen LogP contribution in [-0.2, 0) is 15.9 Å². The Hall–Kier alpha value is -1.55. The van der Waals surface area contributed by atoms with Gasteiger partial charge in [0.15, 0.2) is 5.79 Å². The second-order valence-corrected chi connectivity index (χ2v) is 5.90. The molecule has 2 atom stereocenters. The van der Waals surface area contributed by atoms with Gasteiger partial charge in [-0.3, -0.25) is 0 Å². The van der Waals surface area contributed by atoms with Crippen LogP contribution in [0, 0.1) is 0 Å². The number of nitrogens with zero attached hydrogens (tertiary/aromatic N) is 3. The summed E-state index contributed by atoms with van der Waals surface area (Å²) in [5.74, 6) is -0.414. The lowest BCUT2D eigenvalue weighted by molar-refractivity contribution is -0.188. The summed E-state index contributed by atoms with van der Waals surface area (Å²) in [5, 5.41) is 3.95. The molecule has 21 heavy (non-hydrogen) atoms. The van der Waals surface area contributed by atoms with Gasteiger partial charge in [-0.05, 0) is 30.4 Å². The van der Waals surface area contributed by atoms with Gasteiger partial charge in [-0.15, -0.1) is 0 Å². The Morgan fingerprint density at radius 3 is 2.71 bits per heavy atom. The van der Waals surface area contributed by atoms with Gasteiger partial charge in [0.25, 0.3) is 0 Å². The minimum atomic E-state index is -0.414. The third-order valence-electron chi connectivity index (χ3n) is 4.41. The van der Waals surface area contributed by atoms with E-state index >= 15 is 0 Å². The van der Waals surface area contributed by atoms with E-state index in [1.165, 1.54) is 6.42 Å². The fraction of sp³-hybridized carbons (Fsp3) is 0.625. The van der Waals surface area contributed by atoms with E-state index < -0.39 is 5.79 Å². The van der Waals surface area contributed by atoms with Crippen LogP contribution in [0.3, 0.4) is 0 Å². The summed E-state index contributed by atoms with van der Waals surface area (Å²) in [7, 11) is 0. The highest BCUT2D eigenvalue weighted by atomic mass is 16.7. The largest absolute Gasteiger partial charge is 0.347 e. The van der Waals surface area contributed by atoms with Gasteiger partial charge < -0.3 is 9.47 Å². The zero-order valence-corrected chi connectivity index (χ0v) is 12.1. The summed E-state index contributed by atoms with van der Waals surface area (Å²) in [4.78, 5) is 3.00. The molecule has 1 saturated carbocycles. The molecular weight excluding hydrogens is 266 g/mol. The SMILES string of the molecule is [N-]=[N+]=N[C@@H](Cc1ccccc1)[C@H]1COC2(CCCCC2)O1. The molecule has 5 heteroatoms. The van der Waals surface area contributed by atoms with Crippen LogP contribution in [0.1, 0.15) is 37.7 Å². The number of benzene rings is 1. The molecule has 0 bridgehead atoms. The molecule has 1 aromatic carbocycles. The molecule has 2 fully saturated rings. The number of azide groups is 1. The maximum atomic E-state index is 8.84. The van der Waals surface area contributed by atoms with Crippen molar-refractivity contribution in [2.24, 2.45) is 5.11 Å². The minimum absolute atomic E-state index is 0.140. The standard InChI is InChI=1S/C16H21N3O2/c17-19-18-14(11-13-7-3-1-4-8-13)15-12-20-16(21-15)9-5-2-6-10-16/h1,3-4,7-8,14-15H,2,5-6,9-12H2/t14-,15+/m0/s1. The van der Waals surface area contributed by atoms with E-state index in [-0.39, 0.29) is 12.1 Å². The van der Waals surface area contributed by atoms with Crippen LogP contribution in [0.2, 0.25) is 0 Å². The molecule has 1 aliphatic carbocycles. The van der Waals surface area contributed by atoms with Gasteiger partial charge in [0.1, 0.15) is 0 Å². The molecule has 1 saturated heterocycles. The van der Waals surface area contributed by atoms with Crippen LogP contribution in [0.25, 0.3) is 10.4 Å². The zero-order valence-electron chi connectivity index (χ0n) is 12.1. The van der Waals surface area contributed by atoms with Gasteiger partial charge >= 0.3 is 0 Å². The number of hydrogen-bond donors (Lipinski definition) is 0. The summed E-state index contributed by atoms with van der Waals surface area (Å²) in [6.07, 6.45) is 6.02. The number of rotatable bonds is 4. The fourth-order valence-electron chi connectivity index (χ4n) is 3.29. The molecule has 0 aromatic heterocycles. The molecule has 3 rings (SSSR count). The number of ether oxygens (including phenoxy) is 2. The molecule has 112 valence electrons. The van der Waals surface area contributed by atoms with Crippen LogP contribution < -0.4 is 0 Å². The Kier molecular flexibility index (Phi) is 4.44. The molecule has 1 aliphatic heterocycles. The van der Waals surface area contributed by atoms with Gasteiger partial charge in [0, 0.05) is 17.8 Å². The van der Waals surface area contributed by atoms with Crippen molar-refractivity contribution in [1.82, 2.24) is 0 Å². The van der Waals surface area contributed by atoms with Gasteiger partial charge in [0.2, 0.25) is 0 Å². The van der Waals surface area contributed by atoms with Gasteiger partial charge in [0.05, 0.1) is 18.8 Å². The van der Waals surface area contributed by atoms with Crippen molar-refractivity contribution in [2.75, 3.05) is 6.61 Å². The molecule has 0 unspecified atom stereocenters. The van der Waals surface area contributed by atoms with Crippen LogP contribution in [-0.4, -0.2) is 24.5 Å². The van der Waals surface area contributed by atoms with E-state index in [0.717, 1.165) is 31.2 Å². The summed E-state index contributed by atoms with van der Waals surface area (Å²) in [6, 6.07) is 9.86. The Balaban J connectivity index is 1.69. The second kappa shape index (κ2) is 6.48. The molecule has 2 aliphatic rings. The first-order valence-electron chi connectivity index (χ1n) is 7.71. The Morgan fingerprint density at radius 1 is 1.24 bits per heavy atom. The van der Waals surface area contributed by atoms with Crippen LogP contribution in [0.4, 0.5) is 0 Å². The summed E-state index contributed by atoms with van der Waals surface area (Å²) < 4.78 is 12.1. The molecule has 5 nitrogen and oxygen atoms in total. The minimum Gasteiger partial charge on any atom is -0.347 e. The van der Waals surface area contributed by atoms with Crippen molar-refractivity contribution in [2.45, 2.75) is 56.5 Å². The van der Waals surface area contributed by atoms with Crippen molar-refractivity contribution in [3.8, 4) is 0 Å². The zero-order chi connectivity index (χ0) is 14.5. The number of hydrogen-bond acceptors (Lipinski definition) is 3. The van der Waals surface area contributed by atoms with E-state index in [0.29, 0.717) is 13.0 Å². The van der Waals surface area contributed by atoms with E-state index in [2.05, 4.69) is 10.0 Å². The third-order valence-corrected chi connectivity index (χ3v) is 4.41. The van der Waals surface area contributed by atoms with Crippen LogP contribution >= 0.6 is 0 Å². The van der Waals surface area contributed by atoms with Gasteiger partial charge in [-0.2, -0.15) is 0 Å². The monoisotopic (exact) mass is 287 g/mol. The fourth-order valence-corrected chi connectivity index (χ4v) is 3.29. The molecule has 0 amide bonds. The van der Waals surface area contributed by atoms with E-state index in [4.69, 9.17) is 15.0 Å². The van der Waals surface area contributed by atoms with Crippen molar-refractivity contribution in [3.05, 3.63) is 46.3 Å². The lowest BCUT2D eigenvalue weighted by Gasteiger charge is -2.32. The lowest BCUT2D eigenvalue weighted by atomic mass is 9.94. The summed E-state index contributed by atoms with van der Waals surface area (Å²) >= 11 is 0. The molecule has 1 aromatic rings. The molecule has 0 radical (unpaired) electrons. The van der Waals surface area contributed by atoms with Crippen LogP contribution in [0.15, 0.2) is 35.4 Å². The molecule has 1 spiro atoms. The van der Waals surface area contributed by atoms with Gasteiger partial charge in [-0.1, -0.05) is 41.9 Å². The van der Waals surface area contributed by atoms with Crippen molar-refractivity contribution < 1.29 is 9.47 Å². The van der Waals surface area contributed by atoms with Crippen molar-refractivity contribution >= 4 is 0 Å². The highest BCUT2D eigenvalue weighted by Crippen LogP contribution is 2.39. The highest BCUT2D eigenvalue weighted by molar-refractivity contribution is 5.16. The Bertz CT molecular complexity index is 508. The van der Waals surface area contributed by atoms with E-state index in [9.17, 15) is 0 Å². The predicted molar refractivity (Wildman–Crippen MR) is 79.7 cm³/mol. The van der Waals surface area contributed by atoms with Crippen molar-refractivity contribution in [1.29, 1.82) is 0 Å². The summed E-state index contributed by atoms with van der Waals surface area (Å²) in [6.45, 7) is 0.524. The Labute approximate surface area is 124 Å². The topological polar surface area (TPSA) is 67.2 Å². The normalized spacial score (nSPS) is 25.4. The van der Waals surface area contributed by atoms with E-state index in [1.807, 2.05) is 30.3 Å². The maximum absolute atomic E-state index is 8.84. The first-order chi connectivity index (χ1) is 10.3. The molecule has 0 N–H and O–H groups in total. The highest BCUT2D eigenvalue weighted by Gasteiger charge is 2.44. The quantitative estimate of drug-likeness (QED) is 0.477. The van der Waals surface area contributed by atoms with Crippen LogP contribution in [0.5, 0.6) is 0 Å². The first-order valence-corrected chi connectivity index (χ1v) is 7.71. The first kappa shape index (κ1) is 14.4. The smallest absolute Gasteiger partial charge is 0.168 e. The third kappa shape index (κ3) is 3.38.